The maximum Gasteiger partial charge on any atom is 0.243 e. The van der Waals surface area contributed by atoms with Crippen LogP contribution in [0.3, 0.4) is 0 Å². The van der Waals surface area contributed by atoms with Crippen molar-refractivity contribution >= 4 is 11.7 Å². The quantitative estimate of drug-likeness (QED) is 0.683. The molecule has 1 amide bonds. The summed E-state index contributed by atoms with van der Waals surface area (Å²) in [6.07, 6.45) is 6.91. The first-order valence-corrected chi connectivity index (χ1v) is 10.6. The highest BCUT2D eigenvalue weighted by atomic mass is 16.5. The fourth-order valence-electron chi connectivity index (χ4n) is 4.42. The zero-order chi connectivity index (χ0) is 21.8. The van der Waals surface area contributed by atoms with Gasteiger partial charge >= 0.3 is 0 Å². The van der Waals surface area contributed by atoms with Crippen molar-refractivity contribution in [2.45, 2.75) is 51.7 Å². The number of pyridine rings is 1. The van der Waals surface area contributed by atoms with Crippen LogP contribution >= 0.6 is 0 Å². The monoisotopic (exact) mass is 422 g/mol. The molecule has 0 unspecified atom stereocenters. The first kappa shape index (κ1) is 19.5. The minimum atomic E-state index is -0.738. The summed E-state index contributed by atoms with van der Waals surface area (Å²) in [5.74, 6) is 2.57. The Morgan fingerprint density at radius 1 is 1.26 bits per heavy atom. The van der Waals surface area contributed by atoms with E-state index in [1.54, 1.807) is 12.5 Å². The first-order valence-electron chi connectivity index (χ1n) is 10.6. The molecule has 5 rings (SSSR count). The standard InChI is InChI=1S/C21H26N8O2/c1-13(2)29-19(24-12-25-29)15-11-27-7-8-31-16-9-17(23-10-14(16)18(27)26-15)28-6-4-5-21(28,3)20(22)30/h9-13H,4-8H2,1-3H3,(H2,22,30)/t21-/m0/s1. The Kier molecular flexibility index (Phi) is 4.45. The van der Waals surface area contributed by atoms with Crippen LogP contribution in [0.5, 0.6) is 5.75 Å². The zero-order valence-corrected chi connectivity index (χ0v) is 17.9. The molecule has 2 aliphatic heterocycles. The Hall–Kier alpha value is -3.43. The molecule has 1 saturated heterocycles. The lowest BCUT2D eigenvalue weighted by molar-refractivity contribution is -0.122. The number of hydrogen-bond donors (Lipinski definition) is 1. The van der Waals surface area contributed by atoms with Crippen molar-refractivity contribution in [2.24, 2.45) is 5.73 Å². The van der Waals surface area contributed by atoms with E-state index in [-0.39, 0.29) is 11.9 Å². The molecule has 0 saturated carbocycles. The van der Waals surface area contributed by atoms with Gasteiger partial charge in [-0.05, 0) is 33.6 Å². The number of rotatable bonds is 4. The molecular formula is C21H26N8O2. The van der Waals surface area contributed by atoms with Gasteiger partial charge in [0.05, 0.1) is 12.1 Å². The van der Waals surface area contributed by atoms with Crippen LogP contribution in [0.1, 0.15) is 39.7 Å². The van der Waals surface area contributed by atoms with Gasteiger partial charge in [-0.3, -0.25) is 4.79 Å². The molecule has 2 N–H and O–H groups in total. The molecule has 0 aromatic carbocycles. The summed E-state index contributed by atoms with van der Waals surface area (Å²) in [7, 11) is 0. The molecule has 2 aliphatic rings. The lowest BCUT2D eigenvalue weighted by Crippen LogP contribution is -2.52. The minimum absolute atomic E-state index is 0.180. The van der Waals surface area contributed by atoms with Gasteiger partial charge in [0.2, 0.25) is 5.91 Å². The van der Waals surface area contributed by atoms with Crippen LogP contribution in [0.4, 0.5) is 5.82 Å². The van der Waals surface area contributed by atoms with Crippen LogP contribution in [0.15, 0.2) is 24.8 Å². The molecule has 162 valence electrons. The summed E-state index contributed by atoms with van der Waals surface area (Å²) >= 11 is 0. The van der Waals surface area contributed by atoms with Crippen molar-refractivity contribution in [1.29, 1.82) is 0 Å². The van der Waals surface area contributed by atoms with Crippen molar-refractivity contribution in [3.05, 3.63) is 24.8 Å². The largest absolute Gasteiger partial charge is 0.491 e. The van der Waals surface area contributed by atoms with E-state index >= 15 is 0 Å². The van der Waals surface area contributed by atoms with Gasteiger partial charge in [0, 0.05) is 31.0 Å². The fraction of sp³-hybridized carbons (Fsp3) is 0.476. The summed E-state index contributed by atoms with van der Waals surface area (Å²) in [6, 6.07) is 2.07. The highest BCUT2D eigenvalue weighted by molar-refractivity contribution is 5.88. The molecule has 0 radical (unpaired) electrons. The summed E-state index contributed by atoms with van der Waals surface area (Å²) in [4.78, 5) is 28.0. The molecule has 10 nitrogen and oxygen atoms in total. The Morgan fingerprint density at radius 3 is 2.87 bits per heavy atom. The predicted molar refractivity (Wildman–Crippen MR) is 115 cm³/mol. The summed E-state index contributed by atoms with van der Waals surface area (Å²) in [5.41, 5.74) is 6.54. The van der Waals surface area contributed by atoms with E-state index in [0.717, 1.165) is 35.9 Å². The van der Waals surface area contributed by atoms with Crippen LogP contribution in [0.2, 0.25) is 0 Å². The van der Waals surface area contributed by atoms with Crippen molar-refractivity contribution < 1.29 is 9.53 Å². The van der Waals surface area contributed by atoms with E-state index < -0.39 is 5.54 Å². The van der Waals surface area contributed by atoms with Crippen LogP contribution in [-0.2, 0) is 11.3 Å². The molecule has 3 aromatic rings. The second kappa shape index (κ2) is 7.07. The third-order valence-electron chi connectivity index (χ3n) is 6.20. The van der Waals surface area contributed by atoms with E-state index in [0.29, 0.717) is 31.1 Å². The summed E-state index contributed by atoms with van der Waals surface area (Å²) in [5, 5.41) is 4.32. The maximum absolute atomic E-state index is 12.1. The number of imidazole rings is 1. The SMILES string of the molecule is CC(C)n1ncnc1-c1cn2c(n1)-c1cnc(N3CCC[C@@]3(C)C(N)=O)cc1OCC2. The topological polar surface area (TPSA) is 117 Å². The van der Waals surface area contributed by atoms with Gasteiger partial charge in [0.15, 0.2) is 5.82 Å². The van der Waals surface area contributed by atoms with E-state index in [4.69, 9.17) is 15.5 Å². The number of primary amides is 1. The number of nitrogens with zero attached hydrogens (tertiary/aromatic N) is 7. The first-order chi connectivity index (χ1) is 14.9. The summed E-state index contributed by atoms with van der Waals surface area (Å²) < 4.78 is 9.95. The molecule has 1 atom stereocenters. The molecular weight excluding hydrogens is 396 g/mol. The lowest BCUT2D eigenvalue weighted by atomic mass is 9.98. The second-order valence-electron chi connectivity index (χ2n) is 8.55. The number of hydrogen-bond acceptors (Lipinski definition) is 7. The average Bonchev–Trinajstić information content (AvgIpc) is 3.44. The minimum Gasteiger partial charge on any atom is -0.491 e. The molecule has 0 bridgehead atoms. The normalized spacial score (nSPS) is 20.3. The van der Waals surface area contributed by atoms with Gasteiger partial charge in [-0.15, -0.1) is 0 Å². The number of amides is 1. The highest BCUT2D eigenvalue weighted by Gasteiger charge is 2.42. The number of ether oxygens (including phenoxy) is 1. The van der Waals surface area contributed by atoms with Crippen LogP contribution < -0.4 is 15.4 Å². The Balaban J connectivity index is 1.55. The molecule has 5 heterocycles. The molecule has 0 aliphatic carbocycles. The molecule has 0 spiro atoms. The van der Waals surface area contributed by atoms with Gasteiger partial charge in [-0.1, -0.05) is 0 Å². The second-order valence-corrected chi connectivity index (χ2v) is 8.55. The number of carbonyl (C=O) groups excluding carboxylic acids is 1. The number of aromatic nitrogens is 6. The molecule has 10 heteroatoms. The zero-order valence-electron chi connectivity index (χ0n) is 17.9. The fourth-order valence-corrected chi connectivity index (χ4v) is 4.42. The number of fused-ring (bicyclic) bond motifs is 3. The van der Waals surface area contributed by atoms with Crippen LogP contribution in [0, 0.1) is 0 Å². The summed E-state index contributed by atoms with van der Waals surface area (Å²) in [6.45, 7) is 7.89. The van der Waals surface area contributed by atoms with Gasteiger partial charge < -0.3 is 19.9 Å². The van der Waals surface area contributed by atoms with Crippen molar-refractivity contribution in [2.75, 3.05) is 18.1 Å². The smallest absolute Gasteiger partial charge is 0.243 e. The predicted octanol–water partition coefficient (Wildman–Crippen LogP) is 2.02. The van der Waals surface area contributed by atoms with Crippen molar-refractivity contribution in [1.82, 2.24) is 29.3 Å². The van der Waals surface area contributed by atoms with E-state index in [2.05, 4.69) is 33.5 Å². The number of nitrogens with two attached hydrogens (primary N) is 1. The highest BCUT2D eigenvalue weighted by Crippen LogP contribution is 2.39. The number of anilines is 1. The van der Waals surface area contributed by atoms with Gasteiger partial charge in [-0.25, -0.2) is 19.6 Å². The molecule has 31 heavy (non-hydrogen) atoms. The molecule has 3 aromatic heterocycles. The lowest BCUT2D eigenvalue weighted by Gasteiger charge is -2.33. The van der Waals surface area contributed by atoms with Gasteiger partial charge in [0.25, 0.3) is 0 Å². The van der Waals surface area contributed by atoms with Gasteiger partial charge in [0.1, 0.15) is 41.6 Å². The van der Waals surface area contributed by atoms with E-state index in [9.17, 15) is 4.79 Å². The molecule has 1 fully saturated rings. The van der Waals surface area contributed by atoms with Crippen molar-refractivity contribution in [3.63, 3.8) is 0 Å². The van der Waals surface area contributed by atoms with Crippen LogP contribution in [0.25, 0.3) is 22.9 Å². The average molecular weight is 422 g/mol. The maximum atomic E-state index is 12.1. The van der Waals surface area contributed by atoms with Crippen molar-refractivity contribution in [3.8, 4) is 28.7 Å². The Bertz CT molecular complexity index is 1150. The third-order valence-corrected chi connectivity index (χ3v) is 6.20. The van der Waals surface area contributed by atoms with E-state index in [1.807, 2.05) is 28.8 Å². The Labute approximate surface area is 180 Å². The van der Waals surface area contributed by atoms with Gasteiger partial charge in [-0.2, -0.15) is 5.10 Å². The number of carbonyl (C=O) groups is 1. The Morgan fingerprint density at radius 2 is 2.10 bits per heavy atom. The van der Waals surface area contributed by atoms with Crippen LogP contribution in [-0.4, -0.2) is 53.9 Å². The third kappa shape index (κ3) is 3.05. The van der Waals surface area contributed by atoms with E-state index in [1.165, 1.54) is 0 Å².